The molecule has 7 aromatic carbocycles. The lowest BCUT2D eigenvalue weighted by Crippen LogP contribution is -1.94. The fourth-order valence-corrected chi connectivity index (χ4v) is 6.63. The largest absolute Gasteiger partial charge is 0.497 e. The molecule has 0 unspecified atom stereocenters. The average molecular weight is 705 g/mol. The first-order chi connectivity index (χ1) is 26.4. The maximum absolute atomic E-state index is 5.94. The Balaban J connectivity index is 1.03. The number of hydrogen-bond acceptors (Lipinski definition) is 4. The standard InChI is InChI=1S/C50H44N2O2/c1-35-11-5-7-17-48(35)39-13-9-15-45(31-39)51-43-27-21-37(22-28-43)19-25-41-33-47(53-3)34-42(50(41)54-4)26-20-38-23-29-44(30-24-38)52-46-16-10-14-40(32-46)49-18-8-6-12-36(49)2/h5-34,51-52H,1-4H3. The van der Waals surface area contributed by atoms with Crippen LogP contribution in [0.4, 0.5) is 22.7 Å². The van der Waals surface area contributed by atoms with E-state index < -0.39 is 0 Å². The first-order valence-electron chi connectivity index (χ1n) is 18.1. The first-order valence-corrected chi connectivity index (χ1v) is 18.1. The van der Waals surface area contributed by atoms with Crippen molar-refractivity contribution in [3.05, 3.63) is 191 Å². The molecule has 266 valence electrons. The van der Waals surface area contributed by atoms with Gasteiger partial charge in [0.15, 0.2) is 0 Å². The van der Waals surface area contributed by atoms with E-state index in [2.05, 4.69) is 194 Å². The topological polar surface area (TPSA) is 42.5 Å². The Labute approximate surface area is 319 Å². The van der Waals surface area contributed by atoms with Gasteiger partial charge in [-0.05, 0) is 119 Å². The molecule has 0 aliphatic rings. The van der Waals surface area contributed by atoms with Crippen LogP contribution in [-0.2, 0) is 0 Å². The summed E-state index contributed by atoms with van der Waals surface area (Å²) < 4.78 is 11.6. The minimum absolute atomic E-state index is 0.759. The van der Waals surface area contributed by atoms with Gasteiger partial charge in [-0.3, -0.25) is 0 Å². The molecule has 54 heavy (non-hydrogen) atoms. The molecular formula is C50H44N2O2. The zero-order valence-electron chi connectivity index (χ0n) is 31.1. The predicted octanol–water partition coefficient (Wildman–Crippen LogP) is 13.5. The van der Waals surface area contributed by atoms with Crippen LogP contribution >= 0.6 is 0 Å². The third-order valence-electron chi connectivity index (χ3n) is 9.51. The van der Waals surface area contributed by atoms with E-state index in [0.29, 0.717) is 0 Å². The van der Waals surface area contributed by atoms with E-state index >= 15 is 0 Å². The molecule has 4 heteroatoms. The summed E-state index contributed by atoms with van der Waals surface area (Å²) in [5.41, 5.74) is 15.6. The lowest BCUT2D eigenvalue weighted by molar-refractivity contribution is 0.401. The fourth-order valence-electron chi connectivity index (χ4n) is 6.63. The zero-order valence-corrected chi connectivity index (χ0v) is 31.1. The van der Waals surface area contributed by atoms with E-state index in [9.17, 15) is 0 Å². The Hall–Kier alpha value is -6.78. The molecule has 0 saturated heterocycles. The molecule has 7 aromatic rings. The molecule has 0 spiro atoms. The van der Waals surface area contributed by atoms with Crippen LogP contribution in [0, 0.1) is 13.8 Å². The number of rotatable bonds is 12. The van der Waals surface area contributed by atoms with E-state index in [0.717, 1.165) is 56.5 Å². The van der Waals surface area contributed by atoms with Crippen LogP contribution in [0.1, 0.15) is 33.4 Å². The molecule has 0 amide bonds. The highest BCUT2D eigenvalue weighted by Gasteiger charge is 2.10. The van der Waals surface area contributed by atoms with Crippen molar-refractivity contribution in [2.75, 3.05) is 24.9 Å². The Morgan fingerprint density at radius 2 is 0.852 bits per heavy atom. The quantitative estimate of drug-likeness (QED) is 0.124. The molecule has 0 saturated carbocycles. The van der Waals surface area contributed by atoms with Crippen molar-refractivity contribution in [2.24, 2.45) is 0 Å². The summed E-state index contributed by atoms with van der Waals surface area (Å²) in [6.07, 6.45) is 8.33. The SMILES string of the molecule is COc1cc(C=Cc2ccc(Nc3cccc(-c4ccccc4C)c3)cc2)c(OC)c(C=Cc2ccc(Nc3cccc(-c4ccccc4C)c3)cc2)c1. The first kappa shape index (κ1) is 35.6. The molecular weight excluding hydrogens is 661 g/mol. The Morgan fingerprint density at radius 1 is 0.407 bits per heavy atom. The maximum atomic E-state index is 5.94. The highest BCUT2D eigenvalue weighted by Crippen LogP contribution is 2.34. The Kier molecular flexibility index (Phi) is 11.0. The monoisotopic (exact) mass is 704 g/mol. The van der Waals surface area contributed by atoms with Crippen molar-refractivity contribution in [1.82, 2.24) is 0 Å². The second kappa shape index (κ2) is 16.7. The summed E-state index contributed by atoms with van der Waals surface area (Å²) in [5, 5.41) is 7.11. The molecule has 0 atom stereocenters. The van der Waals surface area contributed by atoms with Crippen LogP contribution in [0.3, 0.4) is 0 Å². The van der Waals surface area contributed by atoms with Crippen molar-refractivity contribution in [1.29, 1.82) is 0 Å². The van der Waals surface area contributed by atoms with Gasteiger partial charge in [0.25, 0.3) is 0 Å². The van der Waals surface area contributed by atoms with Crippen LogP contribution in [-0.4, -0.2) is 14.2 Å². The molecule has 0 fully saturated rings. The summed E-state index contributed by atoms with van der Waals surface area (Å²) in [4.78, 5) is 0. The highest BCUT2D eigenvalue weighted by molar-refractivity contribution is 5.82. The molecule has 0 aromatic heterocycles. The number of hydrogen-bond donors (Lipinski definition) is 2. The molecule has 4 nitrogen and oxygen atoms in total. The number of benzene rings is 7. The van der Waals surface area contributed by atoms with Crippen molar-refractivity contribution in [2.45, 2.75) is 13.8 Å². The van der Waals surface area contributed by atoms with Crippen molar-refractivity contribution < 1.29 is 9.47 Å². The smallest absolute Gasteiger partial charge is 0.133 e. The lowest BCUT2D eigenvalue weighted by Gasteiger charge is -2.12. The van der Waals surface area contributed by atoms with Crippen LogP contribution in [0.15, 0.2) is 158 Å². The summed E-state index contributed by atoms with van der Waals surface area (Å²) >= 11 is 0. The molecule has 7 rings (SSSR count). The summed E-state index contributed by atoms with van der Waals surface area (Å²) in [6.45, 7) is 4.29. The van der Waals surface area contributed by atoms with E-state index in [1.54, 1.807) is 14.2 Å². The number of anilines is 4. The van der Waals surface area contributed by atoms with E-state index in [1.807, 2.05) is 12.1 Å². The van der Waals surface area contributed by atoms with Gasteiger partial charge >= 0.3 is 0 Å². The van der Waals surface area contributed by atoms with Gasteiger partial charge < -0.3 is 20.1 Å². The predicted molar refractivity (Wildman–Crippen MR) is 230 cm³/mol. The van der Waals surface area contributed by atoms with Crippen LogP contribution in [0.25, 0.3) is 46.6 Å². The van der Waals surface area contributed by atoms with Gasteiger partial charge in [-0.15, -0.1) is 0 Å². The molecule has 0 bridgehead atoms. The molecule has 0 radical (unpaired) electrons. The summed E-state index contributed by atoms with van der Waals surface area (Å²) in [6, 6.07) is 54.8. The average Bonchev–Trinajstić information content (AvgIpc) is 3.20. The van der Waals surface area contributed by atoms with Gasteiger partial charge in [-0.25, -0.2) is 0 Å². The number of nitrogens with one attached hydrogen (secondary N) is 2. The molecule has 2 N–H and O–H groups in total. The fraction of sp³-hybridized carbons (Fsp3) is 0.0800. The third kappa shape index (κ3) is 8.63. The number of aryl methyl sites for hydroxylation is 2. The van der Waals surface area contributed by atoms with E-state index in [1.165, 1.54) is 33.4 Å². The van der Waals surface area contributed by atoms with Gasteiger partial charge in [0.05, 0.1) is 14.2 Å². The minimum atomic E-state index is 0.759. The zero-order chi connectivity index (χ0) is 37.3. The molecule has 0 aliphatic heterocycles. The summed E-state index contributed by atoms with van der Waals surface area (Å²) in [5.74, 6) is 1.54. The third-order valence-corrected chi connectivity index (χ3v) is 9.51. The lowest BCUT2D eigenvalue weighted by atomic mass is 10.0. The van der Waals surface area contributed by atoms with E-state index in [4.69, 9.17) is 9.47 Å². The number of methoxy groups -OCH3 is 2. The van der Waals surface area contributed by atoms with Crippen molar-refractivity contribution >= 4 is 47.1 Å². The van der Waals surface area contributed by atoms with Gasteiger partial charge in [0, 0.05) is 33.9 Å². The molecule has 0 aliphatic carbocycles. The maximum Gasteiger partial charge on any atom is 0.133 e. The van der Waals surface area contributed by atoms with Gasteiger partial charge in [-0.1, -0.05) is 121 Å². The van der Waals surface area contributed by atoms with Crippen LogP contribution in [0.5, 0.6) is 11.5 Å². The van der Waals surface area contributed by atoms with Crippen molar-refractivity contribution in [3.63, 3.8) is 0 Å². The second-order valence-corrected chi connectivity index (χ2v) is 13.3. The van der Waals surface area contributed by atoms with Crippen LogP contribution in [0.2, 0.25) is 0 Å². The molecule has 0 heterocycles. The highest BCUT2D eigenvalue weighted by atomic mass is 16.5. The normalized spacial score (nSPS) is 11.2. The Morgan fingerprint density at radius 3 is 1.26 bits per heavy atom. The van der Waals surface area contributed by atoms with Gasteiger partial charge in [-0.2, -0.15) is 0 Å². The number of ether oxygens (including phenoxy) is 2. The minimum Gasteiger partial charge on any atom is -0.497 e. The Bertz CT molecular complexity index is 2260. The van der Waals surface area contributed by atoms with E-state index in [-0.39, 0.29) is 0 Å². The van der Waals surface area contributed by atoms with Gasteiger partial charge in [0.1, 0.15) is 11.5 Å². The second-order valence-electron chi connectivity index (χ2n) is 13.3. The van der Waals surface area contributed by atoms with Crippen LogP contribution < -0.4 is 20.1 Å². The summed E-state index contributed by atoms with van der Waals surface area (Å²) in [7, 11) is 3.40. The van der Waals surface area contributed by atoms with Gasteiger partial charge in [0.2, 0.25) is 0 Å². The van der Waals surface area contributed by atoms with Crippen molar-refractivity contribution in [3.8, 4) is 33.8 Å².